The zero-order valence-corrected chi connectivity index (χ0v) is 11.6. The molecule has 0 saturated carbocycles. The summed E-state index contributed by atoms with van der Waals surface area (Å²) in [6.45, 7) is 2.15. The van der Waals surface area contributed by atoms with Crippen LogP contribution in [0.3, 0.4) is 0 Å². The zero-order valence-electron chi connectivity index (χ0n) is 10.7. The third kappa shape index (κ3) is 5.96. The van der Waals surface area contributed by atoms with Crippen LogP contribution in [0.2, 0.25) is 0 Å². The zero-order chi connectivity index (χ0) is 15.0. The molecule has 2 rings (SSSR count). The quantitative estimate of drug-likeness (QED) is 0.749. The van der Waals surface area contributed by atoms with E-state index in [0.29, 0.717) is 12.2 Å². The van der Waals surface area contributed by atoms with Gasteiger partial charge in [-0.25, -0.2) is 14.6 Å². The van der Waals surface area contributed by atoms with E-state index in [-0.39, 0.29) is 0 Å². The van der Waals surface area contributed by atoms with Crippen LogP contribution >= 0.6 is 11.3 Å². The molecule has 6 nitrogen and oxygen atoms in total. The van der Waals surface area contributed by atoms with E-state index >= 15 is 0 Å². The second-order valence-electron chi connectivity index (χ2n) is 3.75. The summed E-state index contributed by atoms with van der Waals surface area (Å²) in [5.74, 6) is -2.51. The first-order valence-electron chi connectivity index (χ1n) is 5.63. The standard InChI is InChI=1S/C9H10N2S.C4H4O4/c1-7-8(2-3-12-7)4-9-5-10-6-11-9;5-3(6)1-2-4(7)8/h2-3,5-6H,4H2,1H3,(H,10,11);1-2H,(H,5,6)(H,7,8)/b;2-1+. The van der Waals surface area contributed by atoms with Crippen molar-refractivity contribution < 1.29 is 19.8 Å². The fraction of sp³-hybridized carbons (Fsp3) is 0.154. The number of imidazole rings is 1. The molecule has 0 aliphatic rings. The Morgan fingerprint density at radius 3 is 2.40 bits per heavy atom. The van der Waals surface area contributed by atoms with Gasteiger partial charge in [0.05, 0.1) is 12.0 Å². The molecule has 0 fully saturated rings. The van der Waals surface area contributed by atoms with Crippen molar-refractivity contribution >= 4 is 23.3 Å². The van der Waals surface area contributed by atoms with Crippen LogP contribution in [0.25, 0.3) is 0 Å². The maximum Gasteiger partial charge on any atom is 0.328 e. The summed E-state index contributed by atoms with van der Waals surface area (Å²) in [4.78, 5) is 27.6. The van der Waals surface area contributed by atoms with Crippen LogP contribution in [0, 0.1) is 6.92 Å². The number of aryl methyl sites for hydroxylation is 1. The molecule has 0 aliphatic carbocycles. The number of carboxylic acid groups (broad SMARTS) is 2. The van der Waals surface area contributed by atoms with E-state index < -0.39 is 11.9 Å². The fourth-order valence-corrected chi connectivity index (χ4v) is 2.05. The lowest BCUT2D eigenvalue weighted by molar-refractivity contribution is -0.134. The summed E-state index contributed by atoms with van der Waals surface area (Å²) < 4.78 is 0. The first-order chi connectivity index (χ1) is 9.49. The van der Waals surface area contributed by atoms with E-state index in [9.17, 15) is 9.59 Å². The Bertz CT molecular complexity index is 571. The van der Waals surface area contributed by atoms with E-state index in [1.807, 2.05) is 6.20 Å². The van der Waals surface area contributed by atoms with Gasteiger partial charge in [0.25, 0.3) is 0 Å². The molecule has 2 aromatic heterocycles. The van der Waals surface area contributed by atoms with Crippen molar-refractivity contribution in [3.8, 4) is 0 Å². The molecule has 0 aliphatic heterocycles. The van der Waals surface area contributed by atoms with E-state index in [1.165, 1.54) is 10.4 Å². The molecule has 0 unspecified atom stereocenters. The molecule has 20 heavy (non-hydrogen) atoms. The Kier molecular flexibility index (Phi) is 6.18. The Morgan fingerprint density at radius 2 is 2.00 bits per heavy atom. The smallest absolute Gasteiger partial charge is 0.328 e. The summed E-state index contributed by atoms with van der Waals surface area (Å²) in [6, 6.07) is 2.16. The van der Waals surface area contributed by atoms with E-state index in [4.69, 9.17) is 10.2 Å². The molecule has 0 atom stereocenters. The summed E-state index contributed by atoms with van der Waals surface area (Å²) >= 11 is 1.79. The van der Waals surface area contributed by atoms with Crippen molar-refractivity contribution in [3.63, 3.8) is 0 Å². The SMILES string of the molecule is Cc1sccc1Cc1c[nH]cn1.O=C(O)/C=C/C(=O)O. The number of hydrogen-bond donors (Lipinski definition) is 3. The monoisotopic (exact) mass is 294 g/mol. The lowest BCUT2D eigenvalue weighted by Gasteiger charge is -1.94. The van der Waals surface area contributed by atoms with Gasteiger partial charge in [0.15, 0.2) is 0 Å². The number of rotatable bonds is 4. The Morgan fingerprint density at radius 1 is 1.35 bits per heavy atom. The molecular formula is C13H14N2O4S. The molecule has 0 saturated heterocycles. The molecule has 106 valence electrons. The Labute approximate surface area is 119 Å². The van der Waals surface area contributed by atoms with Crippen molar-refractivity contribution in [1.82, 2.24) is 9.97 Å². The largest absolute Gasteiger partial charge is 0.478 e. The minimum Gasteiger partial charge on any atom is -0.478 e. The molecule has 3 N–H and O–H groups in total. The van der Waals surface area contributed by atoms with Crippen LogP contribution in [0.5, 0.6) is 0 Å². The van der Waals surface area contributed by atoms with E-state index in [1.54, 1.807) is 17.7 Å². The molecule has 0 spiro atoms. The van der Waals surface area contributed by atoms with Crippen LogP contribution in [0.1, 0.15) is 16.1 Å². The Hall–Kier alpha value is -2.41. The number of aliphatic carboxylic acids is 2. The predicted molar refractivity (Wildman–Crippen MR) is 74.9 cm³/mol. The summed E-state index contributed by atoms with van der Waals surface area (Å²) in [5.41, 5.74) is 2.49. The highest BCUT2D eigenvalue weighted by molar-refractivity contribution is 7.10. The number of carboxylic acids is 2. The van der Waals surface area contributed by atoms with E-state index in [0.717, 1.165) is 12.1 Å². The number of H-pyrrole nitrogens is 1. The summed E-state index contributed by atoms with van der Waals surface area (Å²) in [6.07, 6.45) is 5.72. The highest BCUT2D eigenvalue weighted by Gasteiger charge is 2.01. The van der Waals surface area contributed by atoms with Gasteiger partial charge in [-0.3, -0.25) is 0 Å². The van der Waals surface area contributed by atoms with Gasteiger partial charge < -0.3 is 15.2 Å². The highest BCUT2D eigenvalue weighted by Crippen LogP contribution is 2.17. The second-order valence-corrected chi connectivity index (χ2v) is 4.87. The first-order valence-corrected chi connectivity index (χ1v) is 6.51. The highest BCUT2D eigenvalue weighted by atomic mass is 32.1. The number of nitrogens with zero attached hydrogens (tertiary/aromatic N) is 1. The van der Waals surface area contributed by atoms with Gasteiger partial charge in [-0.2, -0.15) is 0 Å². The molecule has 0 aromatic carbocycles. The topological polar surface area (TPSA) is 103 Å². The van der Waals surface area contributed by atoms with Crippen molar-refractivity contribution in [2.75, 3.05) is 0 Å². The van der Waals surface area contributed by atoms with Gasteiger partial charge in [0, 0.05) is 29.6 Å². The van der Waals surface area contributed by atoms with E-state index in [2.05, 4.69) is 28.3 Å². The van der Waals surface area contributed by atoms with Gasteiger partial charge in [0.1, 0.15) is 0 Å². The number of thiophene rings is 1. The van der Waals surface area contributed by atoms with Crippen molar-refractivity contribution in [3.05, 3.63) is 52.3 Å². The lowest BCUT2D eigenvalue weighted by Crippen LogP contribution is -1.91. The van der Waals surface area contributed by atoms with Crippen LogP contribution in [0.15, 0.2) is 36.1 Å². The number of aromatic nitrogens is 2. The van der Waals surface area contributed by atoms with Gasteiger partial charge in [-0.15, -0.1) is 11.3 Å². The lowest BCUT2D eigenvalue weighted by atomic mass is 10.1. The number of hydrogen-bond acceptors (Lipinski definition) is 4. The van der Waals surface area contributed by atoms with Gasteiger partial charge in [-0.05, 0) is 23.9 Å². The first kappa shape index (κ1) is 15.6. The van der Waals surface area contributed by atoms with Crippen LogP contribution in [0.4, 0.5) is 0 Å². The molecule has 2 aromatic rings. The third-order valence-corrected chi connectivity index (χ3v) is 3.15. The van der Waals surface area contributed by atoms with Crippen molar-refractivity contribution in [2.45, 2.75) is 13.3 Å². The van der Waals surface area contributed by atoms with Gasteiger partial charge in [-0.1, -0.05) is 0 Å². The number of nitrogens with one attached hydrogen (secondary N) is 1. The van der Waals surface area contributed by atoms with Crippen LogP contribution < -0.4 is 0 Å². The maximum absolute atomic E-state index is 9.55. The number of aromatic amines is 1. The normalized spacial score (nSPS) is 10.1. The summed E-state index contributed by atoms with van der Waals surface area (Å²) in [7, 11) is 0. The van der Waals surface area contributed by atoms with Crippen LogP contribution in [-0.4, -0.2) is 32.1 Å². The fourth-order valence-electron chi connectivity index (χ4n) is 1.32. The van der Waals surface area contributed by atoms with Crippen LogP contribution in [-0.2, 0) is 16.0 Å². The average molecular weight is 294 g/mol. The molecule has 0 amide bonds. The minimum absolute atomic E-state index is 0.558. The maximum atomic E-state index is 9.55. The number of carbonyl (C=O) groups is 2. The molecule has 7 heteroatoms. The van der Waals surface area contributed by atoms with Crippen molar-refractivity contribution in [1.29, 1.82) is 0 Å². The predicted octanol–water partition coefficient (Wildman–Crippen LogP) is 2.08. The summed E-state index contributed by atoms with van der Waals surface area (Å²) in [5, 5.41) is 17.7. The molecule has 0 bridgehead atoms. The van der Waals surface area contributed by atoms with Gasteiger partial charge >= 0.3 is 11.9 Å². The van der Waals surface area contributed by atoms with Crippen molar-refractivity contribution in [2.24, 2.45) is 0 Å². The third-order valence-electron chi connectivity index (χ3n) is 2.26. The minimum atomic E-state index is -1.26. The molecular weight excluding hydrogens is 280 g/mol. The second kappa shape index (κ2) is 7.90. The average Bonchev–Trinajstić information content (AvgIpc) is 3.01. The van der Waals surface area contributed by atoms with Gasteiger partial charge in [0.2, 0.25) is 0 Å². The molecule has 0 radical (unpaired) electrons. The molecule has 2 heterocycles. The Balaban J connectivity index is 0.000000221.